The van der Waals surface area contributed by atoms with Gasteiger partial charge in [0, 0.05) is 13.6 Å². The zero-order chi connectivity index (χ0) is 14.6. The van der Waals surface area contributed by atoms with Gasteiger partial charge in [0.2, 0.25) is 5.91 Å². The second-order valence-corrected chi connectivity index (χ2v) is 5.28. The molecular formula is C14H19FN2OS. The molecule has 1 unspecified atom stereocenters. The first kappa shape index (κ1) is 15.6. The molecule has 2 N–H and O–H groups in total. The van der Waals surface area contributed by atoms with Gasteiger partial charge < -0.3 is 10.6 Å². The molecule has 0 aliphatic rings. The van der Waals surface area contributed by atoms with Crippen molar-refractivity contribution in [2.45, 2.75) is 26.8 Å². The molecule has 3 nitrogen and oxygen atoms in total. The van der Waals surface area contributed by atoms with E-state index in [2.05, 4.69) is 0 Å². The second kappa shape index (κ2) is 6.10. The quantitative estimate of drug-likeness (QED) is 0.844. The van der Waals surface area contributed by atoms with Crippen LogP contribution in [0.15, 0.2) is 24.3 Å². The molecule has 0 fully saturated rings. The first-order valence-corrected chi connectivity index (χ1v) is 6.52. The van der Waals surface area contributed by atoms with Crippen LogP contribution in [-0.4, -0.2) is 22.8 Å². The van der Waals surface area contributed by atoms with E-state index in [0.717, 1.165) is 5.56 Å². The number of rotatable bonds is 5. The highest BCUT2D eigenvalue weighted by molar-refractivity contribution is 7.80. The van der Waals surface area contributed by atoms with Gasteiger partial charge in [-0.2, -0.15) is 0 Å². The molecule has 1 rings (SSSR count). The average molecular weight is 282 g/mol. The summed E-state index contributed by atoms with van der Waals surface area (Å²) in [5.41, 5.74) is 5.55. The fourth-order valence-corrected chi connectivity index (χ4v) is 2.06. The van der Waals surface area contributed by atoms with E-state index in [4.69, 9.17) is 18.0 Å². The Balaban J connectivity index is 2.86. The van der Waals surface area contributed by atoms with Gasteiger partial charge in [0.05, 0.1) is 10.4 Å². The minimum absolute atomic E-state index is 0.147. The van der Waals surface area contributed by atoms with Crippen LogP contribution in [0.2, 0.25) is 0 Å². The maximum absolute atomic E-state index is 13.1. The topological polar surface area (TPSA) is 46.3 Å². The van der Waals surface area contributed by atoms with Gasteiger partial charge in [-0.3, -0.25) is 4.79 Å². The molecule has 0 saturated heterocycles. The Morgan fingerprint density at radius 1 is 1.53 bits per heavy atom. The molecule has 1 atom stereocenters. The number of carbonyl (C=O) groups excluding carboxylic acids is 1. The van der Waals surface area contributed by atoms with Crippen LogP contribution in [0.5, 0.6) is 0 Å². The highest BCUT2D eigenvalue weighted by Gasteiger charge is 2.36. The van der Waals surface area contributed by atoms with Crippen molar-refractivity contribution in [1.29, 1.82) is 0 Å². The lowest BCUT2D eigenvalue weighted by molar-refractivity contribution is -0.136. The van der Waals surface area contributed by atoms with Crippen LogP contribution >= 0.6 is 12.2 Å². The van der Waals surface area contributed by atoms with Crippen molar-refractivity contribution in [1.82, 2.24) is 4.90 Å². The summed E-state index contributed by atoms with van der Waals surface area (Å²) in [7, 11) is 1.67. The number of nitrogens with two attached hydrogens (primary N) is 1. The Hall–Kier alpha value is -1.49. The third-order valence-corrected chi connectivity index (χ3v) is 3.83. The molecule has 1 aromatic rings. The van der Waals surface area contributed by atoms with Gasteiger partial charge in [-0.15, -0.1) is 0 Å². The van der Waals surface area contributed by atoms with Gasteiger partial charge in [0.25, 0.3) is 0 Å². The molecule has 0 aliphatic carbocycles. The summed E-state index contributed by atoms with van der Waals surface area (Å²) in [4.78, 5) is 14.1. The molecule has 0 aromatic heterocycles. The number of thiocarbonyl (C=S) groups is 1. The number of benzene rings is 1. The highest BCUT2D eigenvalue weighted by atomic mass is 32.1. The van der Waals surface area contributed by atoms with Crippen LogP contribution in [0.4, 0.5) is 4.39 Å². The van der Waals surface area contributed by atoms with Gasteiger partial charge in [-0.05, 0) is 31.0 Å². The highest BCUT2D eigenvalue weighted by Crippen LogP contribution is 2.25. The molecule has 0 spiro atoms. The van der Waals surface area contributed by atoms with Crippen molar-refractivity contribution in [3.8, 4) is 0 Å². The monoisotopic (exact) mass is 282 g/mol. The average Bonchev–Trinajstić information content (AvgIpc) is 2.36. The minimum atomic E-state index is -0.850. The third-order valence-electron chi connectivity index (χ3n) is 3.38. The van der Waals surface area contributed by atoms with E-state index >= 15 is 0 Å². The van der Waals surface area contributed by atoms with Crippen LogP contribution < -0.4 is 5.73 Å². The van der Waals surface area contributed by atoms with E-state index < -0.39 is 5.41 Å². The molecule has 1 amide bonds. The van der Waals surface area contributed by atoms with E-state index in [1.54, 1.807) is 26.1 Å². The summed E-state index contributed by atoms with van der Waals surface area (Å²) in [6.45, 7) is 3.93. The van der Waals surface area contributed by atoms with Gasteiger partial charge in [-0.25, -0.2) is 4.39 Å². The predicted octanol–water partition coefficient (Wildman–Crippen LogP) is 2.49. The number of hydrogen-bond donors (Lipinski definition) is 1. The maximum Gasteiger partial charge on any atom is 0.235 e. The van der Waals surface area contributed by atoms with Crippen LogP contribution in [0.1, 0.15) is 25.8 Å². The second-order valence-electron chi connectivity index (χ2n) is 4.84. The molecule has 0 saturated carbocycles. The molecular weight excluding hydrogens is 263 g/mol. The lowest BCUT2D eigenvalue weighted by atomic mass is 9.86. The SMILES string of the molecule is CCC(C)(C(=O)N(C)Cc1cccc(F)c1)C(N)=S. The summed E-state index contributed by atoms with van der Waals surface area (Å²) >= 11 is 4.98. The molecule has 0 heterocycles. The number of hydrogen-bond acceptors (Lipinski definition) is 2. The molecule has 104 valence electrons. The zero-order valence-electron chi connectivity index (χ0n) is 11.4. The summed E-state index contributed by atoms with van der Waals surface area (Å²) < 4.78 is 13.1. The van der Waals surface area contributed by atoms with Crippen LogP contribution in [0.3, 0.4) is 0 Å². The van der Waals surface area contributed by atoms with E-state index in [0.29, 0.717) is 13.0 Å². The number of amides is 1. The standard InChI is InChI=1S/C14H19FN2OS/c1-4-14(2,12(16)19)13(18)17(3)9-10-6-5-7-11(15)8-10/h5-8H,4,9H2,1-3H3,(H2,16,19). The van der Waals surface area contributed by atoms with Gasteiger partial charge in [0.1, 0.15) is 5.82 Å². The Morgan fingerprint density at radius 3 is 2.63 bits per heavy atom. The molecule has 0 aliphatic heterocycles. The van der Waals surface area contributed by atoms with Crippen molar-refractivity contribution in [3.63, 3.8) is 0 Å². The van der Waals surface area contributed by atoms with Crippen molar-refractivity contribution in [2.24, 2.45) is 11.1 Å². The van der Waals surface area contributed by atoms with E-state index in [1.165, 1.54) is 17.0 Å². The number of halogens is 1. The molecule has 0 radical (unpaired) electrons. The summed E-state index contributed by atoms with van der Waals surface area (Å²) in [6, 6.07) is 6.18. The van der Waals surface area contributed by atoms with Gasteiger partial charge in [0.15, 0.2) is 0 Å². The van der Waals surface area contributed by atoms with E-state index in [1.807, 2.05) is 6.92 Å². The molecule has 19 heavy (non-hydrogen) atoms. The number of carbonyl (C=O) groups is 1. The van der Waals surface area contributed by atoms with Gasteiger partial charge in [-0.1, -0.05) is 31.3 Å². The molecule has 1 aromatic carbocycles. The Bertz CT molecular complexity index is 492. The normalized spacial score (nSPS) is 13.7. The Labute approximate surface area is 118 Å². The van der Waals surface area contributed by atoms with Gasteiger partial charge >= 0.3 is 0 Å². The van der Waals surface area contributed by atoms with Crippen LogP contribution in [0, 0.1) is 11.2 Å². The smallest absolute Gasteiger partial charge is 0.235 e. The minimum Gasteiger partial charge on any atom is -0.392 e. The van der Waals surface area contributed by atoms with Crippen molar-refractivity contribution in [2.75, 3.05) is 7.05 Å². The Morgan fingerprint density at radius 2 is 2.16 bits per heavy atom. The third kappa shape index (κ3) is 3.50. The fraction of sp³-hybridized carbons (Fsp3) is 0.429. The lowest BCUT2D eigenvalue weighted by Crippen LogP contribution is -2.47. The first-order chi connectivity index (χ1) is 8.81. The first-order valence-electron chi connectivity index (χ1n) is 6.11. The maximum atomic E-state index is 13.1. The number of nitrogens with zero attached hydrogens (tertiary/aromatic N) is 1. The summed E-state index contributed by atoms with van der Waals surface area (Å²) in [5.74, 6) is -0.460. The fourth-order valence-electron chi connectivity index (χ4n) is 1.83. The van der Waals surface area contributed by atoms with Crippen molar-refractivity contribution in [3.05, 3.63) is 35.6 Å². The Kier molecular flexibility index (Phi) is 5.00. The summed E-state index contributed by atoms with van der Waals surface area (Å²) in [5, 5.41) is 0. The lowest BCUT2D eigenvalue weighted by Gasteiger charge is -2.31. The molecule has 5 heteroatoms. The largest absolute Gasteiger partial charge is 0.392 e. The van der Waals surface area contributed by atoms with Crippen LogP contribution in [-0.2, 0) is 11.3 Å². The van der Waals surface area contributed by atoms with E-state index in [9.17, 15) is 9.18 Å². The summed E-state index contributed by atoms with van der Waals surface area (Å²) in [6.07, 6.45) is 0.536. The molecule has 0 bridgehead atoms. The van der Waals surface area contributed by atoms with Crippen LogP contribution in [0.25, 0.3) is 0 Å². The van der Waals surface area contributed by atoms with Crippen molar-refractivity contribution >= 4 is 23.1 Å². The zero-order valence-corrected chi connectivity index (χ0v) is 12.3. The van der Waals surface area contributed by atoms with E-state index in [-0.39, 0.29) is 16.7 Å². The predicted molar refractivity (Wildman–Crippen MR) is 78.1 cm³/mol. The van der Waals surface area contributed by atoms with Crippen molar-refractivity contribution < 1.29 is 9.18 Å².